The van der Waals surface area contributed by atoms with Crippen molar-refractivity contribution in [2.24, 2.45) is 0 Å². The molecule has 19 aromatic rings. The standard InChI is InChI=1S/C48H32N2.C42H28N2/c1-3-11-33(12-4-1)34-19-21-35(22-20-34)36-23-27-40(28-24-36)50-46-18-10-8-16-42(46)44-32-38(26-30-48(44)50)37-25-29-47-43(31-37)41-15-7-9-17-45(41)49(47)39-13-5-2-6-14-39;1-4-12-29(13-5-1)30-20-23-41-37(26-30)38-28-32(22-25-42(38)44(41)34-16-8-3-9-17-34)31-21-24-40-36(27-31)35-18-10-11-19-39(35)43(40)33-14-6-2-7-15-33/h1-32H;1-28H. The van der Waals surface area contributed by atoms with E-state index in [2.05, 4.69) is 382 Å². The first kappa shape index (κ1) is 54.4. The molecule has 4 heteroatoms. The highest BCUT2D eigenvalue weighted by atomic mass is 15.0. The third-order valence-electron chi connectivity index (χ3n) is 19.1. The lowest BCUT2D eigenvalue weighted by Crippen LogP contribution is -1.94. The molecule has 0 aliphatic rings. The first-order chi connectivity index (χ1) is 46.6. The molecule has 94 heavy (non-hydrogen) atoms. The highest BCUT2D eigenvalue weighted by molar-refractivity contribution is 6.15. The van der Waals surface area contributed by atoms with E-state index in [0.29, 0.717) is 0 Å². The van der Waals surface area contributed by atoms with Gasteiger partial charge in [-0.05, 0) is 183 Å². The average molecular weight is 1200 g/mol. The van der Waals surface area contributed by atoms with Crippen LogP contribution >= 0.6 is 0 Å². The maximum Gasteiger partial charge on any atom is 0.0541 e. The molecular formula is C90H60N4. The number of rotatable bonds is 9. The summed E-state index contributed by atoms with van der Waals surface area (Å²) >= 11 is 0. The lowest BCUT2D eigenvalue weighted by molar-refractivity contribution is 1.18. The summed E-state index contributed by atoms with van der Waals surface area (Å²) in [5.41, 5.74) is 26.6. The van der Waals surface area contributed by atoms with Crippen molar-refractivity contribution in [3.05, 3.63) is 364 Å². The zero-order chi connectivity index (χ0) is 62.1. The summed E-state index contributed by atoms with van der Waals surface area (Å²) in [6.07, 6.45) is 0. The Balaban J connectivity index is 0.000000139. The van der Waals surface area contributed by atoms with Gasteiger partial charge in [0, 0.05) is 65.8 Å². The smallest absolute Gasteiger partial charge is 0.0541 e. The average Bonchev–Trinajstić information content (AvgIpc) is 1.62. The molecule has 4 heterocycles. The van der Waals surface area contributed by atoms with Gasteiger partial charge in [0.05, 0.1) is 44.1 Å². The van der Waals surface area contributed by atoms with Crippen LogP contribution in [0.25, 0.3) is 166 Å². The second-order valence-electron chi connectivity index (χ2n) is 24.4. The zero-order valence-electron chi connectivity index (χ0n) is 51.4. The van der Waals surface area contributed by atoms with Crippen LogP contribution in [-0.4, -0.2) is 18.3 Å². The summed E-state index contributed by atoms with van der Waals surface area (Å²) < 4.78 is 9.53. The lowest BCUT2D eigenvalue weighted by Gasteiger charge is -2.11. The van der Waals surface area contributed by atoms with Gasteiger partial charge in [-0.1, -0.05) is 237 Å². The topological polar surface area (TPSA) is 19.7 Å². The van der Waals surface area contributed by atoms with E-state index in [1.807, 2.05) is 0 Å². The van der Waals surface area contributed by atoms with Crippen LogP contribution in [0.3, 0.4) is 0 Å². The molecule has 4 nitrogen and oxygen atoms in total. The Kier molecular flexibility index (Phi) is 13.2. The quantitative estimate of drug-likeness (QED) is 0.137. The Hall–Kier alpha value is -12.5. The Morgan fingerprint density at radius 3 is 0.596 bits per heavy atom. The molecule has 0 saturated heterocycles. The molecule has 0 fully saturated rings. The van der Waals surface area contributed by atoms with Crippen molar-refractivity contribution >= 4 is 87.2 Å². The van der Waals surface area contributed by atoms with Gasteiger partial charge in [0.2, 0.25) is 0 Å². The Labute approximate surface area is 544 Å². The Bertz CT molecular complexity index is 6040. The van der Waals surface area contributed by atoms with Crippen LogP contribution in [-0.2, 0) is 0 Å². The molecule has 0 bridgehead atoms. The predicted octanol–water partition coefficient (Wildman–Crippen LogP) is 24.1. The third-order valence-corrected chi connectivity index (χ3v) is 19.1. The summed E-state index contributed by atoms with van der Waals surface area (Å²) in [5, 5.41) is 10.1. The largest absolute Gasteiger partial charge is 0.309 e. The minimum atomic E-state index is 1.16. The highest BCUT2D eigenvalue weighted by Crippen LogP contribution is 2.42. The molecule has 0 radical (unpaired) electrons. The monoisotopic (exact) mass is 1200 g/mol. The van der Waals surface area contributed by atoms with E-state index >= 15 is 0 Å². The second kappa shape index (κ2) is 22.8. The molecule has 4 aromatic heterocycles. The molecule has 440 valence electrons. The fraction of sp³-hybridized carbons (Fsp3) is 0. The lowest BCUT2D eigenvalue weighted by atomic mass is 9.99. The van der Waals surface area contributed by atoms with E-state index in [9.17, 15) is 0 Å². The van der Waals surface area contributed by atoms with E-state index < -0.39 is 0 Å². The first-order valence-electron chi connectivity index (χ1n) is 32.3. The Morgan fingerprint density at radius 2 is 0.298 bits per heavy atom. The molecule has 0 saturated carbocycles. The molecule has 15 aromatic carbocycles. The predicted molar refractivity (Wildman–Crippen MR) is 397 cm³/mol. The van der Waals surface area contributed by atoms with Crippen LogP contribution < -0.4 is 0 Å². The number of fused-ring (bicyclic) bond motifs is 12. The fourth-order valence-corrected chi connectivity index (χ4v) is 14.6. The maximum absolute atomic E-state index is 2.40. The molecule has 0 aliphatic carbocycles. The van der Waals surface area contributed by atoms with Gasteiger partial charge in [-0.15, -0.1) is 0 Å². The van der Waals surface area contributed by atoms with E-state index in [1.165, 1.54) is 160 Å². The minimum absolute atomic E-state index is 1.16. The van der Waals surface area contributed by atoms with Crippen molar-refractivity contribution in [3.63, 3.8) is 0 Å². The molecule has 0 unspecified atom stereocenters. The fourth-order valence-electron chi connectivity index (χ4n) is 14.6. The summed E-state index contributed by atoms with van der Waals surface area (Å²) in [6, 6.07) is 132. The van der Waals surface area contributed by atoms with Gasteiger partial charge in [-0.3, -0.25) is 0 Å². The van der Waals surface area contributed by atoms with Gasteiger partial charge < -0.3 is 18.3 Å². The number of hydrogen-bond donors (Lipinski definition) is 0. The number of benzene rings is 15. The van der Waals surface area contributed by atoms with E-state index in [-0.39, 0.29) is 0 Å². The number of para-hydroxylation sites is 6. The molecule has 19 rings (SSSR count). The third kappa shape index (κ3) is 9.30. The van der Waals surface area contributed by atoms with E-state index in [1.54, 1.807) is 0 Å². The molecule has 0 amide bonds. The summed E-state index contributed by atoms with van der Waals surface area (Å²) in [7, 11) is 0. The molecule has 0 spiro atoms. The number of aromatic nitrogens is 4. The number of nitrogens with zero attached hydrogens (tertiary/aromatic N) is 4. The summed E-state index contributed by atoms with van der Waals surface area (Å²) in [4.78, 5) is 0. The molecule has 0 N–H and O–H groups in total. The van der Waals surface area contributed by atoms with Crippen molar-refractivity contribution in [1.29, 1.82) is 0 Å². The van der Waals surface area contributed by atoms with Crippen LogP contribution in [0.5, 0.6) is 0 Å². The normalized spacial score (nSPS) is 11.6. The van der Waals surface area contributed by atoms with E-state index in [0.717, 1.165) is 5.69 Å². The summed E-state index contributed by atoms with van der Waals surface area (Å²) in [6.45, 7) is 0. The van der Waals surface area contributed by atoms with Gasteiger partial charge in [0.25, 0.3) is 0 Å². The van der Waals surface area contributed by atoms with Gasteiger partial charge >= 0.3 is 0 Å². The summed E-state index contributed by atoms with van der Waals surface area (Å²) in [5.74, 6) is 0. The van der Waals surface area contributed by atoms with Crippen molar-refractivity contribution in [1.82, 2.24) is 18.3 Å². The van der Waals surface area contributed by atoms with Crippen molar-refractivity contribution in [3.8, 4) is 78.4 Å². The van der Waals surface area contributed by atoms with Crippen LogP contribution in [0.15, 0.2) is 364 Å². The molecular weight excluding hydrogens is 1140 g/mol. The van der Waals surface area contributed by atoms with Crippen LogP contribution in [0, 0.1) is 0 Å². The highest BCUT2D eigenvalue weighted by Gasteiger charge is 2.20. The van der Waals surface area contributed by atoms with Gasteiger partial charge in [-0.25, -0.2) is 0 Å². The van der Waals surface area contributed by atoms with Crippen LogP contribution in [0.4, 0.5) is 0 Å². The first-order valence-corrected chi connectivity index (χ1v) is 32.3. The zero-order valence-corrected chi connectivity index (χ0v) is 51.4. The van der Waals surface area contributed by atoms with Gasteiger partial charge in [-0.2, -0.15) is 0 Å². The van der Waals surface area contributed by atoms with Crippen molar-refractivity contribution in [2.75, 3.05) is 0 Å². The maximum atomic E-state index is 2.40. The second-order valence-corrected chi connectivity index (χ2v) is 24.4. The SMILES string of the molecule is c1ccc(-c2ccc(-c3ccc(-n4c5ccccc5c5cc(-c6ccc7c(c6)c6ccccc6n7-c6ccccc6)ccc54)cc3)cc2)cc1.c1ccc(-c2ccc3c(c2)c2cc(-c4ccc5c(c4)c4ccccc4n5-c4ccccc4)ccc2n3-c2ccccc2)cc1. The Morgan fingerprint density at radius 1 is 0.117 bits per heavy atom. The van der Waals surface area contributed by atoms with E-state index in [4.69, 9.17) is 0 Å². The minimum Gasteiger partial charge on any atom is -0.309 e. The van der Waals surface area contributed by atoms with Crippen LogP contribution in [0.2, 0.25) is 0 Å². The molecule has 0 atom stereocenters. The van der Waals surface area contributed by atoms with Crippen LogP contribution in [0.1, 0.15) is 0 Å². The van der Waals surface area contributed by atoms with Crippen molar-refractivity contribution < 1.29 is 0 Å². The molecule has 0 aliphatic heterocycles. The van der Waals surface area contributed by atoms with Gasteiger partial charge in [0.1, 0.15) is 0 Å². The number of hydrogen-bond acceptors (Lipinski definition) is 0. The van der Waals surface area contributed by atoms with Gasteiger partial charge in [0.15, 0.2) is 0 Å². The van der Waals surface area contributed by atoms with Crippen molar-refractivity contribution in [2.45, 2.75) is 0 Å².